The molecule has 0 aliphatic rings. The highest BCUT2D eigenvalue weighted by Gasteiger charge is 2.15. The van der Waals surface area contributed by atoms with Crippen LogP contribution in [0.2, 0.25) is 5.02 Å². The second-order valence-electron chi connectivity index (χ2n) is 6.37. The average molecular weight is 457 g/mol. The Morgan fingerprint density at radius 3 is 2.80 bits per heavy atom. The highest BCUT2D eigenvalue weighted by atomic mass is 35.5. The molecular weight excluding hydrogens is 440 g/mol. The predicted octanol–water partition coefficient (Wildman–Crippen LogP) is 5.62. The van der Waals surface area contributed by atoms with E-state index < -0.39 is 0 Å². The fourth-order valence-electron chi connectivity index (χ4n) is 2.76. The van der Waals surface area contributed by atoms with Crippen molar-refractivity contribution < 1.29 is 9.32 Å². The lowest BCUT2D eigenvalue weighted by Crippen LogP contribution is -2.12. The molecule has 6 nitrogen and oxygen atoms in total. The summed E-state index contributed by atoms with van der Waals surface area (Å²) in [6.07, 6.45) is 2.44. The van der Waals surface area contributed by atoms with Crippen molar-refractivity contribution in [2.24, 2.45) is 0 Å². The van der Waals surface area contributed by atoms with Crippen LogP contribution in [0, 0.1) is 6.92 Å². The van der Waals surface area contributed by atoms with Gasteiger partial charge in [0, 0.05) is 27.4 Å². The Morgan fingerprint density at radius 1 is 1.20 bits per heavy atom. The number of aromatic nitrogens is 3. The molecule has 1 amide bonds. The zero-order valence-corrected chi connectivity index (χ0v) is 18.4. The average Bonchev–Trinajstić information content (AvgIpc) is 3.37. The highest BCUT2D eigenvalue weighted by Crippen LogP contribution is 2.28. The third-order valence-corrected chi connectivity index (χ3v) is 6.49. The molecule has 152 valence electrons. The quantitative estimate of drug-likeness (QED) is 0.363. The fraction of sp³-hybridized carbons (Fsp3) is 0.143. The van der Waals surface area contributed by atoms with Gasteiger partial charge in [0.2, 0.25) is 5.89 Å². The number of nitrogens with zero attached hydrogens (tertiary/aromatic N) is 3. The summed E-state index contributed by atoms with van der Waals surface area (Å²) in [4.78, 5) is 23.2. The van der Waals surface area contributed by atoms with Crippen LogP contribution in [-0.2, 0) is 12.2 Å². The Morgan fingerprint density at radius 2 is 2.00 bits per heavy atom. The maximum absolute atomic E-state index is 12.8. The third kappa shape index (κ3) is 5.08. The summed E-state index contributed by atoms with van der Waals surface area (Å²) in [5.74, 6) is 1.40. The van der Waals surface area contributed by atoms with Gasteiger partial charge in [0.05, 0.1) is 11.3 Å². The van der Waals surface area contributed by atoms with Gasteiger partial charge >= 0.3 is 0 Å². The van der Waals surface area contributed by atoms with E-state index in [1.165, 1.54) is 23.1 Å². The summed E-state index contributed by atoms with van der Waals surface area (Å²) < 4.78 is 5.14. The SMILES string of the molecule is Cc1noc(CSc2ccccc2C(=O)Nc2ncc(Cc3ccccc3Cl)s2)n1. The van der Waals surface area contributed by atoms with E-state index in [4.69, 9.17) is 16.1 Å². The van der Waals surface area contributed by atoms with Crippen molar-refractivity contribution in [2.75, 3.05) is 5.32 Å². The van der Waals surface area contributed by atoms with Crippen LogP contribution in [0.1, 0.15) is 32.5 Å². The van der Waals surface area contributed by atoms with Crippen LogP contribution in [-0.4, -0.2) is 21.0 Å². The maximum atomic E-state index is 12.8. The van der Waals surface area contributed by atoms with E-state index >= 15 is 0 Å². The van der Waals surface area contributed by atoms with E-state index in [0.29, 0.717) is 34.6 Å². The molecule has 2 aromatic heterocycles. The molecule has 0 bridgehead atoms. The van der Waals surface area contributed by atoms with Crippen molar-refractivity contribution >= 4 is 45.7 Å². The third-order valence-electron chi connectivity index (χ3n) is 4.15. The number of benzene rings is 2. The summed E-state index contributed by atoms with van der Waals surface area (Å²) in [5.41, 5.74) is 1.60. The summed E-state index contributed by atoms with van der Waals surface area (Å²) in [7, 11) is 0. The zero-order chi connectivity index (χ0) is 20.9. The van der Waals surface area contributed by atoms with Gasteiger partial charge in [-0.2, -0.15) is 4.98 Å². The topological polar surface area (TPSA) is 80.9 Å². The minimum Gasteiger partial charge on any atom is -0.338 e. The first-order chi connectivity index (χ1) is 14.6. The van der Waals surface area contributed by atoms with Gasteiger partial charge in [0.15, 0.2) is 11.0 Å². The van der Waals surface area contributed by atoms with Crippen molar-refractivity contribution in [3.05, 3.63) is 87.5 Å². The Labute approximate surface area is 186 Å². The molecule has 0 radical (unpaired) electrons. The second kappa shape index (κ2) is 9.42. The van der Waals surface area contributed by atoms with Crippen molar-refractivity contribution in [3.8, 4) is 0 Å². The monoisotopic (exact) mass is 456 g/mol. The molecule has 9 heteroatoms. The van der Waals surface area contributed by atoms with E-state index in [1.54, 1.807) is 19.2 Å². The molecule has 0 saturated carbocycles. The first-order valence-corrected chi connectivity index (χ1v) is 11.3. The lowest BCUT2D eigenvalue weighted by molar-refractivity contribution is 0.102. The summed E-state index contributed by atoms with van der Waals surface area (Å²) in [5, 5.41) is 7.95. The van der Waals surface area contributed by atoms with Gasteiger partial charge in [-0.15, -0.1) is 23.1 Å². The van der Waals surface area contributed by atoms with Crippen molar-refractivity contribution in [1.29, 1.82) is 0 Å². The summed E-state index contributed by atoms with van der Waals surface area (Å²) in [6, 6.07) is 15.1. The van der Waals surface area contributed by atoms with Crippen molar-refractivity contribution in [1.82, 2.24) is 15.1 Å². The molecule has 0 unspecified atom stereocenters. The van der Waals surface area contributed by atoms with E-state index in [0.717, 1.165) is 20.4 Å². The molecule has 30 heavy (non-hydrogen) atoms. The van der Waals surface area contributed by atoms with Gasteiger partial charge in [-0.1, -0.05) is 47.1 Å². The van der Waals surface area contributed by atoms with Crippen LogP contribution in [0.3, 0.4) is 0 Å². The molecule has 0 atom stereocenters. The molecule has 4 aromatic rings. The lowest BCUT2D eigenvalue weighted by atomic mass is 10.1. The number of thioether (sulfide) groups is 1. The van der Waals surface area contributed by atoms with Crippen LogP contribution >= 0.6 is 34.7 Å². The summed E-state index contributed by atoms with van der Waals surface area (Å²) in [6.45, 7) is 1.77. The molecule has 0 spiro atoms. The smallest absolute Gasteiger partial charge is 0.258 e. The van der Waals surface area contributed by atoms with Gasteiger partial charge in [-0.25, -0.2) is 4.98 Å². The van der Waals surface area contributed by atoms with Crippen LogP contribution < -0.4 is 5.32 Å². The fourth-order valence-corrected chi connectivity index (χ4v) is 4.68. The largest absolute Gasteiger partial charge is 0.338 e. The number of amides is 1. The Kier molecular flexibility index (Phi) is 6.47. The van der Waals surface area contributed by atoms with E-state index in [1.807, 2.05) is 42.5 Å². The molecule has 4 rings (SSSR count). The molecule has 0 aliphatic heterocycles. The van der Waals surface area contributed by atoms with E-state index in [9.17, 15) is 4.79 Å². The van der Waals surface area contributed by atoms with Crippen LogP contribution in [0.25, 0.3) is 0 Å². The van der Waals surface area contributed by atoms with Gasteiger partial charge < -0.3 is 4.52 Å². The number of nitrogens with one attached hydrogen (secondary N) is 1. The number of rotatable bonds is 7. The normalized spacial score (nSPS) is 10.9. The van der Waals surface area contributed by atoms with E-state index in [2.05, 4.69) is 20.4 Å². The van der Waals surface area contributed by atoms with Gasteiger partial charge in [0.25, 0.3) is 5.91 Å². The molecular formula is C21H17ClN4O2S2. The zero-order valence-electron chi connectivity index (χ0n) is 16.0. The first-order valence-electron chi connectivity index (χ1n) is 9.09. The van der Waals surface area contributed by atoms with Crippen molar-refractivity contribution in [2.45, 2.75) is 24.0 Å². The number of thiazole rings is 1. The van der Waals surface area contributed by atoms with Crippen molar-refractivity contribution in [3.63, 3.8) is 0 Å². The van der Waals surface area contributed by atoms with Crippen LogP contribution in [0.15, 0.2) is 64.1 Å². The first kappa shape index (κ1) is 20.6. The number of anilines is 1. The predicted molar refractivity (Wildman–Crippen MR) is 119 cm³/mol. The van der Waals surface area contributed by atoms with E-state index in [-0.39, 0.29) is 5.91 Å². The maximum Gasteiger partial charge on any atom is 0.258 e. The number of hydrogen-bond donors (Lipinski definition) is 1. The Hall–Kier alpha value is -2.68. The molecule has 2 heterocycles. The number of aryl methyl sites for hydroxylation is 1. The summed E-state index contributed by atoms with van der Waals surface area (Å²) >= 11 is 9.14. The molecule has 0 fully saturated rings. The Balaban J connectivity index is 1.43. The number of halogens is 1. The molecule has 0 aliphatic carbocycles. The van der Waals surface area contributed by atoms with Crippen LogP contribution in [0.5, 0.6) is 0 Å². The second-order valence-corrected chi connectivity index (χ2v) is 8.91. The van der Waals surface area contributed by atoms with Gasteiger partial charge in [-0.05, 0) is 30.7 Å². The van der Waals surface area contributed by atoms with Crippen LogP contribution in [0.4, 0.5) is 5.13 Å². The van der Waals surface area contributed by atoms with Gasteiger partial charge in [-0.3, -0.25) is 10.1 Å². The number of carbonyl (C=O) groups is 1. The molecule has 0 saturated heterocycles. The molecule has 2 aromatic carbocycles. The lowest BCUT2D eigenvalue weighted by Gasteiger charge is -2.07. The number of carbonyl (C=O) groups excluding carboxylic acids is 1. The molecule has 1 N–H and O–H groups in total. The number of hydrogen-bond acceptors (Lipinski definition) is 7. The van der Waals surface area contributed by atoms with Gasteiger partial charge in [0.1, 0.15) is 0 Å². The Bertz CT molecular complexity index is 1180. The highest BCUT2D eigenvalue weighted by molar-refractivity contribution is 7.98. The minimum atomic E-state index is -0.210. The minimum absolute atomic E-state index is 0.210. The standard InChI is InChI=1S/C21H17ClN4O2S2/c1-13-24-19(28-26-13)12-29-18-9-5-3-7-16(18)20(27)25-21-23-11-15(30-21)10-14-6-2-4-8-17(14)22/h2-9,11H,10,12H2,1H3,(H,23,25,27).